The summed E-state index contributed by atoms with van der Waals surface area (Å²) in [5.41, 5.74) is 1.42. The van der Waals surface area contributed by atoms with Crippen molar-refractivity contribution in [3.05, 3.63) is 24.0 Å². The van der Waals surface area contributed by atoms with Crippen molar-refractivity contribution in [2.45, 2.75) is 45.6 Å². The molecule has 1 aromatic heterocycles. The van der Waals surface area contributed by atoms with E-state index in [-0.39, 0.29) is 0 Å². The van der Waals surface area contributed by atoms with Crippen LogP contribution < -0.4 is 0 Å². The molecule has 0 atom stereocenters. The van der Waals surface area contributed by atoms with Crippen LogP contribution >= 0.6 is 0 Å². The van der Waals surface area contributed by atoms with E-state index in [1.165, 1.54) is 31.4 Å². The van der Waals surface area contributed by atoms with Gasteiger partial charge in [-0.15, -0.1) is 0 Å². The van der Waals surface area contributed by atoms with Crippen LogP contribution in [0.3, 0.4) is 0 Å². The van der Waals surface area contributed by atoms with E-state index >= 15 is 0 Å². The van der Waals surface area contributed by atoms with Gasteiger partial charge in [0.25, 0.3) is 0 Å². The Morgan fingerprint density at radius 3 is 2.46 bits per heavy atom. The van der Waals surface area contributed by atoms with Crippen LogP contribution in [0.25, 0.3) is 0 Å². The van der Waals surface area contributed by atoms with Gasteiger partial charge in [0.05, 0.1) is 0 Å². The fourth-order valence-corrected chi connectivity index (χ4v) is 2.41. The van der Waals surface area contributed by atoms with E-state index in [2.05, 4.69) is 36.7 Å². The van der Waals surface area contributed by atoms with E-state index < -0.39 is 0 Å². The molecule has 1 aliphatic carbocycles. The number of nitrogens with zero attached hydrogens (tertiary/aromatic N) is 1. The monoisotopic (exact) mass is 177 g/mol. The predicted octanol–water partition coefficient (Wildman–Crippen LogP) is 3.55. The molecule has 1 heterocycles. The summed E-state index contributed by atoms with van der Waals surface area (Å²) >= 11 is 0. The molecule has 0 amide bonds. The molecule has 1 aliphatic rings. The molecule has 0 bridgehead atoms. The van der Waals surface area contributed by atoms with Crippen molar-refractivity contribution in [1.29, 1.82) is 0 Å². The van der Waals surface area contributed by atoms with Gasteiger partial charge in [-0.25, -0.2) is 0 Å². The highest BCUT2D eigenvalue weighted by atomic mass is 15.0. The molecule has 1 fully saturated rings. The molecule has 72 valence electrons. The van der Waals surface area contributed by atoms with Crippen molar-refractivity contribution < 1.29 is 0 Å². The average Bonchev–Trinajstić information content (AvgIpc) is 2.53. The fourth-order valence-electron chi connectivity index (χ4n) is 2.41. The van der Waals surface area contributed by atoms with E-state index in [1.54, 1.807) is 0 Å². The normalized spacial score (nSPS) is 29.1. The maximum atomic E-state index is 2.45. The Bertz CT molecular complexity index is 266. The maximum absolute atomic E-state index is 2.45. The lowest BCUT2D eigenvalue weighted by molar-refractivity contribution is 0.287. The zero-order valence-corrected chi connectivity index (χ0v) is 8.66. The lowest BCUT2D eigenvalue weighted by Crippen LogP contribution is -2.16. The second kappa shape index (κ2) is 3.57. The van der Waals surface area contributed by atoms with Gasteiger partial charge in [0.15, 0.2) is 0 Å². The smallest absolute Gasteiger partial charge is 0.0333 e. The molecule has 0 spiro atoms. The first-order valence-corrected chi connectivity index (χ1v) is 5.41. The summed E-state index contributed by atoms with van der Waals surface area (Å²) in [5, 5.41) is 0. The summed E-state index contributed by atoms with van der Waals surface area (Å²) in [4.78, 5) is 0. The molecule has 0 aromatic carbocycles. The molecule has 1 saturated carbocycles. The van der Waals surface area contributed by atoms with Crippen molar-refractivity contribution in [2.75, 3.05) is 0 Å². The van der Waals surface area contributed by atoms with E-state index in [4.69, 9.17) is 0 Å². The topological polar surface area (TPSA) is 4.93 Å². The van der Waals surface area contributed by atoms with E-state index in [0.717, 1.165) is 12.0 Å². The zero-order chi connectivity index (χ0) is 9.26. The van der Waals surface area contributed by atoms with Gasteiger partial charge in [0, 0.05) is 17.9 Å². The highest BCUT2D eigenvalue weighted by Gasteiger charge is 2.19. The Kier molecular flexibility index (Phi) is 2.43. The summed E-state index contributed by atoms with van der Waals surface area (Å²) in [7, 11) is 0. The minimum absolute atomic E-state index is 0.784. The summed E-state index contributed by atoms with van der Waals surface area (Å²) in [5.74, 6) is 0.951. The van der Waals surface area contributed by atoms with Gasteiger partial charge in [-0.1, -0.05) is 6.92 Å². The van der Waals surface area contributed by atoms with Gasteiger partial charge in [-0.2, -0.15) is 0 Å². The minimum atomic E-state index is 0.784. The summed E-state index contributed by atoms with van der Waals surface area (Å²) in [6.45, 7) is 4.58. The highest BCUT2D eigenvalue weighted by Crippen LogP contribution is 2.32. The van der Waals surface area contributed by atoms with Crippen LogP contribution in [0.4, 0.5) is 0 Å². The van der Waals surface area contributed by atoms with Gasteiger partial charge < -0.3 is 4.57 Å². The molecule has 0 N–H and O–H groups in total. The Hall–Kier alpha value is -0.720. The van der Waals surface area contributed by atoms with E-state index in [1.807, 2.05) is 0 Å². The quantitative estimate of drug-likeness (QED) is 0.618. The van der Waals surface area contributed by atoms with E-state index in [9.17, 15) is 0 Å². The fraction of sp³-hybridized carbons (Fsp3) is 0.667. The van der Waals surface area contributed by atoms with Gasteiger partial charge in [-0.05, 0) is 50.7 Å². The molecule has 0 aliphatic heterocycles. The van der Waals surface area contributed by atoms with Gasteiger partial charge in [0.2, 0.25) is 0 Å². The average molecular weight is 177 g/mol. The molecule has 0 unspecified atom stereocenters. The van der Waals surface area contributed by atoms with Crippen LogP contribution in [0.2, 0.25) is 0 Å². The van der Waals surface area contributed by atoms with Crippen LogP contribution in [0, 0.1) is 12.8 Å². The summed E-state index contributed by atoms with van der Waals surface area (Å²) in [6.07, 6.45) is 7.79. The molecule has 0 saturated heterocycles. The number of aromatic nitrogens is 1. The standard InChI is InChI=1S/C12H19N/c1-10-5-7-12(8-6-10)13-9-3-4-11(13)2/h3-4,9-10,12H,5-8H2,1-2H3. The molecule has 13 heavy (non-hydrogen) atoms. The molecular formula is C12H19N. The van der Waals surface area contributed by atoms with Gasteiger partial charge in [0.1, 0.15) is 0 Å². The van der Waals surface area contributed by atoms with E-state index in [0.29, 0.717) is 0 Å². The molecule has 1 aromatic rings. The van der Waals surface area contributed by atoms with Crippen molar-refractivity contribution in [2.24, 2.45) is 5.92 Å². The third kappa shape index (κ3) is 1.79. The van der Waals surface area contributed by atoms with Crippen LogP contribution in [0.15, 0.2) is 18.3 Å². The second-order valence-electron chi connectivity index (χ2n) is 4.47. The first-order valence-electron chi connectivity index (χ1n) is 5.41. The first-order chi connectivity index (χ1) is 6.27. The van der Waals surface area contributed by atoms with Crippen LogP contribution in [0.1, 0.15) is 44.3 Å². The Labute approximate surface area is 80.8 Å². The van der Waals surface area contributed by atoms with Crippen molar-refractivity contribution in [3.8, 4) is 0 Å². The minimum Gasteiger partial charge on any atom is -0.349 e. The zero-order valence-electron chi connectivity index (χ0n) is 8.66. The molecule has 1 nitrogen and oxygen atoms in total. The van der Waals surface area contributed by atoms with Gasteiger partial charge in [-0.3, -0.25) is 0 Å². The Morgan fingerprint density at radius 1 is 1.23 bits per heavy atom. The SMILES string of the molecule is Cc1cccn1C1CCC(C)CC1. The lowest BCUT2D eigenvalue weighted by Gasteiger charge is -2.28. The number of hydrogen-bond donors (Lipinski definition) is 0. The van der Waals surface area contributed by atoms with Crippen LogP contribution in [-0.2, 0) is 0 Å². The number of aryl methyl sites for hydroxylation is 1. The highest BCUT2D eigenvalue weighted by molar-refractivity contribution is 5.06. The molecular weight excluding hydrogens is 158 g/mol. The van der Waals surface area contributed by atoms with Crippen LogP contribution in [-0.4, -0.2) is 4.57 Å². The lowest BCUT2D eigenvalue weighted by atomic mass is 9.87. The largest absolute Gasteiger partial charge is 0.349 e. The maximum Gasteiger partial charge on any atom is 0.0333 e. The molecule has 0 radical (unpaired) electrons. The predicted molar refractivity (Wildman–Crippen MR) is 55.8 cm³/mol. The summed E-state index contributed by atoms with van der Waals surface area (Å²) in [6, 6.07) is 5.15. The second-order valence-corrected chi connectivity index (χ2v) is 4.47. The van der Waals surface area contributed by atoms with Gasteiger partial charge >= 0.3 is 0 Å². The number of rotatable bonds is 1. The van der Waals surface area contributed by atoms with Crippen molar-refractivity contribution in [3.63, 3.8) is 0 Å². The summed E-state index contributed by atoms with van der Waals surface area (Å²) < 4.78 is 2.45. The third-order valence-electron chi connectivity index (χ3n) is 3.37. The first kappa shape index (κ1) is 8.86. The molecule has 1 heteroatoms. The molecule has 2 rings (SSSR count). The number of hydrogen-bond acceptors (Lipinski definition) is 0. The van der Waals surface area contributed by atoms with Crippen molar-refractivity contribution in [1.82, 2.24) is 4.57 Å². The van der Waals surface area contributed by atoms with Crippen molar-refractivity contribution >= 4 is 0 Å². The third-order valence-corrected chi connectivity index (χ3v) is 3.37. The van der Waals surface area contributed by atoms with Crippen LogP contribution in [0.5, 0.6) is 0 Å². The Balaban J connectivity index is 2.06. The Morgan fingerprint density at radius 2 is 1.92 bits per heavy atom.